The molecule has 3 N–H and O–H groups in total. The fourth-order valence-corrected chi connectivity index (χ4v) is 5.65. The quantitative estimate of drug-likeness (QED) is 0.218. The number of benzene rings is 2. The van der Waals surface area contributed by atoms with Crippen LogP contribution in [-0.2, 0) is 10.3 Å². The summed E-state index contributed by atoms with van der Waals surface area (Å²) in [5.41, 5.74) is 2.31. The topological polar surface area (TPSA) is 108 Å². The van der Waals surface area contributed by atoms with Crippen molar-refractivity contribution in [1.82, 2.24) is 14.9 Å². The second kappa shape index (κ2) is 12.3. The van der Waals surface area contributed by atoms with Crippen molar-refractivity contribution < 1.29 is 14.3 Å². The van der Waals surface area contributed by atoms with Gasteiger partial charge < -0.3 is 20.3 Å². The van der Waals surface area contributed by atoms with Gasteiger partial charge in [0.2, 0.25) is 5.95 Å². The summed E-state index contributed by atoms with van der Waals surface area (Å²) in [5, 5.41) is 11.2. The number of amides is 2. The predicted octanol–water partition coefficient (Wildman–Crippen LogP) is 6.84. The summed E-state index contributed by atoms with van der Waals surface area (Å²) in [4.78, 5) is 38.2. The number of carbonyl (C=O) groups excluding carboxylic acids is 2. The molecule has 42 heavy (non-hydrogen) atoms. The van der Waals surface area contributed by atoms with Gasteiger partial charge in [-0.25, -0.2) is 14.8 Å². The molecule has 4 aromatic rings. The summed E-state index contributed by atoms with van der Waals surface area (Å²) in [6, 6.07) is 19.8. The van der Waals surface area contributed by atoms with Crippen molar-refractivity contribution >= 4 is 40.7 Å². The third-order valence-corrected chi connectivity index (χ3v) is 8.06. The first kappa shape index (κ1) is 29.2. The average molecular weight is 585 g/mol. The summed E-state index contributed by atoms with van der Waals surface area (Å²) in [7, 11) is 2.13. The third-order valence-electron chi connectivity index (χ3n) is 7.14. The number of carbonyl (C=O) groups is 2. The van der Waals surface area contributed by atoms with Crippen LogP contribution < -0.4 is 16.0 Å². The highest BCUT2D eigenvalue weighted by Crippen LogP contribution is 2.36. The highest BCUT2D eigenvalue weighted by atomic mass is 32.1. The predicted molar refractivity (Wildman–Crippen MR) is 168 cm³/mol. The molecule has 1 aliphatic heterocycles. The number of hydrogen-bond acceptors (Lipinski definition) is 8. The van der Waals surface area contributed by atoms with Gasteiger partial charge in [0.25, 0.3) is 5.91 Å². The van der Waals surface area contributed by atoms with Gasteiger partial charge in [0.1, 0.15) is 5.60 Å². The standard InChI is InChI=1S/C32H36N6O3S/c1-31(2,3)41-30(40)36-25-13-12-22(27-11-8-18-42-27)19-26(25)35-28(39)23-20-33-29(34-21-23)37-32(14-16-38(4)17-15-32)24-9-6-5-7-10-24/h5-13,18-21H,14-17H2,1-4H3,(H,35,39)(H,36,40)(H,33,34,37). The molecule has 5 rings (SSSR count). The van der Waals surface area contributed by atoms with Gasteiger partial charge in [-0.2, -0.15) is 0 Å². The Morgan fingerprint density at radius 2 is 1.64 bits per heavy atom. The number of hydrogen-bond donors (Lipinski definition) is 3. The Labute approximate surface area is 250 Å². The number of anilines is 3. The van der Waals surface area contributed by atoms with E-state index in [-0.39, 0.29) is 5.54 Å². The minimum atomic E-state index is -0.663. The molecule has 0 aliphatic carbocycles. The summed E-state index contributed by atoms with van der Waals surface area (Å²) in [6.45, 7) is 7.28. The molecule has 1 aliphatic rings. The monoisotopic (exact) mass is 584 g/mol. The summed E-state index contributed by atoms with van der Waals surface area (Å²) >= 11 is 1.59. The Morgan fingerprint density at radius 1 is 0.929 bits per heavy atom. The van der Waals surface area contributed by atoms with Crippen LogP contribution in [0.5, 0.6) is 0 Å². The zero-order valence-corrected chi connectivity index (χ0v) is 25.1. The van der Waals surface area contributed by atoms with E-state index in [2.05, 4.69) is 50.0 Å². The normalized spacial score (nSPS) is 15.0. The van der Waals surface area contributed by atoms with Crippen LogP contribution in [0.2, 0.25) is 0 Å². The highest BCUT2D eigenvalue weighted by Gasteiger charge is 2.36. The molecule has 0 spiro atoms. The van der Waals surface area contributed by atoms with Crippen LogP contribution in [0.1, 0.15) is 49.5 Å². The lowest BCUT2D eigenvalue weighted by atomic mass is 9.81. The Balaban J connectivity index is 1.35. The SMILES string of the molecule is CN1CCC(Nc2ncc(C(=O)Nc3cc(-c4cccs4)ccc3NC(=O)OC(C)(C)C)cn2)(c2ccccc2)CC1. The van der Waals surface area contributed by atoms with Crippen LogP contribution in [0.25, 0.3) is 10.4 Å². The maximum atomic E-state index is 13.3. The smallest absolute Gasteiger partial charge is 0.412 e. The second-order valence-corrected chi connectivity index (χ2v) is 12.4. The number of likely N-dealkylation sites (tertiary alicyclic amines) is 1. The van der Waals surface area contributed by atoms with Crippen LogP contribution >= 0.6 is 11.3 Å². The van der Waals surface area contributed by atoms with Crippen molar-refractivity contribution in [1.29, 1.82) is 0 Å². The van der Waals surface area contributed by atoms with Crippen molar-refractivity contribution in [2.75, 3.05) is 36.1 Å². The molecule has 9 nitrogen and oxygen atoms in total. The van der Waals surface area contributed by atoms with E-state index in [4.69, 9.17) is 4.74 Å². The Kier molecular flexibility index (Phi) is 8.56. The van der Waals surface area contributed by atoms with Gasteiger partial charge in [-0.15, -0.1) is 11.3 Å². The number of rotatable bonds is 7. The Morgan fingerprint density at radius 3 is 2.29 bits per heavy atom. The number of nitrogens with one attached hydrogen (secondary N) is 3. The number of nitrogens with zero attached hydrogens (tertiary/aromatic N) is 3. The third kappa shape index (κ3) is 7.13. The zero-order valence-electron chi connectivity index (χ0n) is 24.3. The van der Waals surface area contributed by atoms with E-state index in [0.29, 0.717) is 22.9 Å². The molecule has 0 radical (unpaired) electrons. The molecule has 0 bridgehead atoms. The van der Waals surface area contributed by atoms with E-state index in [1.807, 2.05) is 47.8 Å². The minimum Gasteiger partial charge on any atom is -0.444 e. The lowest BCUT2D eigenvalue weighted by molar-refractivity contribution is 0.0635. The summed E-state index contributed by atoms with van der Waals surface area (Å²) < 4.78 is 5.42. The molecule has 2 amide bonds. The van der Waals surface area contributed by atoms with E-state index in [1.54, 1.807) is 38.2 Å². The van der Waals surface area contributed by atoms with Crippen LogP contribution in [0.4, 0.5) is 22.1 Å². The van der Waals surface area contributed by atoms with Gasteiger partial charge in [0, 0.05) is 30.4 Å². The summed E-state index contributed by atoms with van der Waals surface area (Å²) in [6.07, 6.45) is 4.24. The fourth-order valence-electron chi connectivity index (χ4n) is 4.93. The first-order valence-corrected chi connectivity index (χ1v) is 14.8. The zero-order chi connectivity index (χ0) is 29.7. The van der Waals surface area contributed by atoms with Gasteiger partial charge in [0.05, 0.1) is 22.5 Å². The molecule has 0 saturated carbocycles. The second-order valence-electron chi connectivity index (χ2n) is 11.5. The van der Waals surface area contributed by atoms with Crippen molar-refractivity contribution in [3.8, 4) is 10.4 Å². The largest absolute Gasteiger partial charge is 0.444 e. The molecule has 10 heteroatoms. The maximum absolute atomic E-state index is 13.3. The molecule has 3 heterocycles. The van der Waals surface area contributed by atoms with Gasteiger partial charge in [-0.3, -0.25) is 10.1 Å². The van der Waals surface area contributed by atoms with E-state index in [1.165, 1.54) is 18.0 Å². The van der Waals surface area contributed by atoms with Crippen LogP contribution in [-0.4, -0.2) is 52.6 Å². The molecular weight excluding hydrogens is 548 g/mol. The van der Waals surface area contributed by atoms with E-state index >= 15 is 0 Å². The first-order valence-electron chi connectivity index (χ1n) is 13.9. The van der Waals surface area contributed by atoms with E-state index in [0.717, 1.165) is 36.4 Å². The fraction of sp³-hybridized carbons (Fsp3) is 0.312. The van der Waals surface area contributed by atoms with E-state index in [9.17, 15) is 9.59 Å². The molecular formula is C32H36N6O3S. The Hall–Kier alpha value is -4.28. The van der Waals surface area contributed by atoms with Gasteiger partial charge >= 0.3 is 6.09 Å². The Bertz CT molecular complexity index is 1510. The molecule has 2 aromatic heterocycles. The molecule has 0 unspecified atom stereocenters. The van der Waals surface area contributed by atoms with Crippen LogP contribution in [0, 0.1) is 0 Å². The van der Waals surface area contributed by atoms with Crippen molar-refractivity contribution in [2.24, 2.45) is 0 Å². The lowest BCUT2D eigenvalue weighted by Crippen LogP contribution is -2.46. The molecule has 1 fully saturated rings. The van der Waals surface area contributed by atoms with Crippen molar-refractivity contribution in [3.63, 3.8) is 0 Å². The number of aromatic nitrogens is 2. The number of piperidine rings is 1. The minimum absolute atomic E-state index is 0.290. The van der Waals surface area contributed by atoms with Crippen LogP contribution in [0.3, 0.4) is 0 Å². The molecule has 0 atom stereocenters. The first-order chi connectivity index (χ1) is 20.1. The number of ether oxygens (including phenoxy) is 1. The lowest BCUT2D eigenvalue weighted by Gasteiger charge is -2.41. The van der Waals surface area contributed by atoms with Gasteiger partial charge in [-0.1, -0.05) is 42.5 Å². The molecule has 2 aromatic carbocycles. The van der Waals surface area contributed by atoms with Crippen LogP contribution in [0.15, 0.2) is 78.4 Å². The summed E-state index contributed by atoms with van der Waals surface area (Å²) in [5.74, 6) is 0.0705. The highest BCUT2D eigenvalue weighted by molar-refractivity contribution is 7.13. The number of thiophene rings is 1. The average Bonchev–Trinajstić information content (AvgIpc) is 3.50. The molecule has 1 saturated heterocycles. The maximum Gasteiger partial charge on any atom is 0.412 e. The molecule has 218 valence electrons. The van der Waals surface area contributed by atoms with Crippen molar-refractivity contribution in [3.05, 3.63) is 89.6 Å². The van der Waals surface area contributed by atoms with Crippen molar-refractivity contribution in [2.45, 2.75) is 44.8 Å². The van der Waals surface area contributed by atoms with E-state index < -0.39 is 17.6 Å². The van der Waals surface area contributed by atoms with Gasteiger partial charge in [-0.05, 0) is 75.4 Å². The van der Waals surface area contributed by atoms with Gasteiger partial charge in [0.15, 0.2) is 0 Å².